The van der Waals surface area contributed by atoms with Gasteiger partial charge in [0.15, 0.2) is 0 Å². The lowest BCUT2D eigenvalue weighted by Crippen LogP contribution is -2.48. The molecule has 0 N–H and O–H groups in total. The van der Waals surface area contributed by atoms with Crippen molar-refractivity contribution in [3.8, 4) is 0 Å². The standard InChI is InChI=1S/C14H22S/c1-4-8-15-9-7-11-5-6-12-10-13(11)14(12,2)3/h4-5,12-13H,1,6-10H2,2-3H3/t12-,13-/m0/s1. The van der Waals surface area contributed by atoms with Crippen LogP contribution in [-0.4, -0.2) is 11.5 Å². The van der Waals surface area contributed by atoms with Crippen molar-refractivity contribution >= 4 is 11.8 Å². The molecule has 2 atom stereocenters. The first-order valence-electron chi connectivity index (χ1n) is 6.04. The molecule has 1 saturated carbocycles. The van der Waals surface area contributed by atoms with Crippen molar-refractivity contribution in [1.29, 1.82) is 0 Å². The van der Waals surface area contributed by atoms with Gasteiger partial charge >= 0.3 is 0 Å². The molecule has 3 aliphatic rings. The maximum absolute atomic E-state index is 3.76. The van der Waals surface area contributed by atoms with Gasteiger partial charge in [0.2, 0.25) is 0 Å². The Kier molecular flexibility index (Phi) is 3.30. The number of fused-ring (bicyclic) bond motifs is 1. The predicted molar refractivity (Wildman–Crippen MR) is 70.2 cm³/mol. The van der Waals surface area contributed by atoms with Crippen LogP contribution in [0.5, 0.6) is 0 Å². The highest BCUT2D eigenvalue weighted by molar-refractivity contribution is 7.99. The fourth-order valence-electron chi connectivity index (χ4n) is 3.11. The molecule has 3 rings (SSSR count). The Morgan fingerprint density at radius 2 is 2.40 bits per heavy atom. The van der Waals surface area contributed by atoms with Crippen LogP contribution in [0.25, 0.3) is 0 Å². The summed E-state index contributed by atoms with van der Waals surface area (Å²) >= 11 is 2.01. The largest absolute Gasteiger partial charge is 0.158 e. The molecule has 0 saturated heterocycles. The van der Waals surface area contributed by atoms with E-state index < -0.39 is 0 Å². The molecule has 0 aliphatic heterocycles. The molecule has 0 aromatic rings. The molecule has 0 aromatic heterocycles. The Balaban J connectivity index is 1.83. The van der Waals surface area contributed by atoms with E-state index >= 15 is 0 Å². The third-order valence-corrected chi connectivity index (χ3v) is 5.32. The van der Waals surface area contributed by atoms with Crippen LogP contribution < -0.4 is 0 Å². The average molecular weight is 222 g/mol. The summed E-state index contributed by atoms with van der Waals surface area (Å²) in [5.41, 5.74) is 2.35. The van der Waals surface area contributed by atoms with Gasteiger partial charge in [0.25, 0.3) is 0 Å². The number of allylic oxidation sites excluding steroid dienone is 2. The highest BCUT2D eigenvalue weighted by atomic mass is 32.2. The summed E-state index contributed by atoms with van der Waals surface area (Å²) in [6, 6.07) is 0. The molecular weight excluding hydrogens is 200 g/mol. The van der Waals surface area contributed by atoms with Gasteiger partial charge in [0.1, 0.15) is 0 Å². The first-order chi connectivity index (χ1) is 7.16. The monoisotopic (exact) mass is 222 g/mol. The summed E-state index contributed by atoms with van der Waals surface area (Å²) < 4.78 is 0. The van der Waals surface area contributed by atoms with Crippen molar-refractivity contribution in [2.24, 2.45) is 17.3 Å². The van der Waals surface area contributed by atoms with Gasteiger partial charge in [-0.1, -0.05) is 31.6 Å². The molecule has 0 nitrogen and oxygen atoms in total. The van der Waals surface area contributed by atoms with Crippen LogP contribution in [0.1, 0.15) is 33.1 Å². The van der Waals surface area contributed by atoms with Crippen molar-refractivity contribution in [3.05, 3.63) is 24.3 Å². The van der Waals surface area contributed by atoms with E-state index in [1.54, 1.807) is 5.57 Å². The Morgan fingerprint density at radius 1 is 1.60 bits per heavy atom. The van der Waals surface area contributed by atoms with Crippen molar-refractivity contribution in [1.82, 2.24) is 0 Å². The molecular formula is C14H22S. The van der Waals surface area contributed by atoms with E-state index in [2.05, 4.69) is 26.5 Å². The zero-order valence-corrected chi connectivity index (χ0v) is 10.8. The molecule has 15 heavy (non-hydrogen) atoms. The Hall–Kier alpha value is -0.170. The van der Waals surface area contributed by atoms with E-state index in [4.69, 9.17) is 0 Å². The number of hydrogen-bond acceptors (Lipinski definition) is 1. The normalized spacial score (nSPS) is 31.7. The van der Waals surface area contributed by atoms with Gasteiger partial charge in [-0.15, -0.1) is 6.58 Å². The first-order valence-corrected chi connectivity index (χ1v) is 7.19. The third-order valence-electron chi connectivity index (χ3n) is 4.35. The second-order valence-corrected chi connectivity index (χ2v) is 6.58. The van der Waals surface area contributed by atoms with E-state index in [1.807, 2.05) is 17.8 Å². The minimum atomic E-state index is 0.604. The van der Waals surface area contributed by atoms with Crippen LogP contribution in [0, 0.1) is 17.3 Å². The van der Waals surface area contributed by atoms with Gasteiger partial charge in [0.05, 0.1) is 0 Å². The maximum atomic E-state index is 3.76. The Labute approximate surface area is 98.2 Å². The predicted octanol–water partition coefficient (Wildman–Crippen LogP) is 4.29. The third kappa shape index (κ3) is 2.04. The lowest BCUT2D eigenvalue weighted by Gasteiger charge is -2.56. The molecule has 3 aliphatic carbocycles. The Bertz CT molecular complexity index is 275. The fraction of sp³-hybridized carbons (Fsp3) is 0.714. The van der Waals surface area contributed by atoms with Crippen LogP contribution >= 0.6 is 11.8 Å². The summed E-state index contributed by atoms with van der Waals surface area (Å²) in [7, 11) is 0. The highest BCUT2D eigenvalue weighted by Gasteiger charge is 2.50. The van der Waals surface area contributed by atoms with Gasteiger partial charge in [-0.3, -0.25) is 0 Å². The summed E-state index contributed by atoms with van der Waals surface area (Å²) in [6.07, 6.45) is 8.64. The number of rotatable bonds is 5. The van der Waals surface area contributed by atoms with Crippen molar-refractivity contribution < 1.29 is 0 Å². The van der Waals surface area contributed by atoms with Crippen molar-refractivity contribution in [2.75, 3.05) is 11.5 Å². The van der Waals surface area contributed by atoms with Gasteiger partial charge in [0, 0.05) is 5.75 Å². The molecule has 0 radical (unpaired) electrons. The van der Waals surface area contributed by atoms with Crippen LogP contribution in [0.15, 0.2) is 24.3 Å². The first kappa shape index (κ1) is 11.3. The van der Waals surface area contributed by atoms with Gasteiger partial charge in [-0.05, 0) is 42.3 Å². The molecule has 2 bridgehead atoms. The van der Waals surface area contributed by atoms with Gasteiger partial charge in [-0.25, -0.2) is 0 Å². The molecule has 84 valence electrons. The second-order valence-electron chi connectivity index (χ2n) is 5.43. The molecule has 1 heteroatoms. The Morgan fingerprint density at radius 3 is 3.00 bits per heavy atom. The number of thioether (sulfide) groups is 1. The molecule has 0 spiro atoms. The lowest BCUT2D eigenvalue weighted by atomic mass is 9.48. The second kappa shape index (κ2) is 4.37. The molecule has 0 amide bonds. The maximum Gasteiger partial charge on any atom is 0.0110 e. The molecule has 0 heterocycles. The van der Waals surface area contributed by atoms with E-state index in [-0.39, 0.29) is 0 Å². The summed E-state index contributed by atoms with van der Waals surface area (Å²) in [6.45, 7) is 8.66. The van der Waals surface area contributed by atoms with Crippen LogP contribution in [0.2, 0.25) is 0 Å². The smallest absolute Gasteiger partial charge is 0.0110 e. The minimum absolute atomic E-state index is 0.604. The average Bonchev–Trinajstić information content (AvgIpc) is 2.24. The van der Waals surface area contributed by atoms with Crippen LogP contribution in [0.3, 0.4) is 0 Å². The summed E-state index contributed by atoms with van der Waals surface area (Å²) in [4.78, 5) is 0. The zero-order valence-electron chi connectivity index (χ0n) is 9.96. The zero-order chi connectivity index (χ0) is 10.9. The minimum Gasteiger partial charge on any atom is -0.158 e. The number of hydrogen-bond donors (Lipinski definition) is 0. The summed E-state index contributed by atoms with van der Waals surface area (Å²) in [5.74, 6) is 4.26. The SMILES string of the molecule is C=CCSCCC1=CC[C@H]2C[C@@H]1C2(C)C. The fourth-order valence-corrected chi connectivity index (χ4v) is 3.83. The quantitative estimate of drug-likeness (QED) is 0.494. The molecule has 0 unspecified atom stereocenters. The topological polar surface area (TPSA) is 0 Å². The lowest BCUT2D eigenvalue weighted by molar-refractivity contribution is -0.00767. The highest BCUT2D eigenvalue weighted by Crippen LogP contribution is 2.59. The van der Waals surface area contributed by atoms with Gasteiger partial charge < -0.3 is 0 Å². The van der Waals surface area contributed by atoms with Crippen molar-refractivity contribution in [3.63, 3.8) is 0 Å². The van der Waals surface area contributed by atoms with Gasteiger partial charge in [-0.2, -0.15) is 11.8 Å². The van der Waals surface area contributed by atoms with E-state index in [0.29, 0.717) is 5.41 Å². The molecule has 1 fully saturated rings. The van der Waals surface area contributed by atoms with E-state index in [0.717, 1.165) is 17.6 Å². The van der Waals surface area contributed by atoms with Crippen LogP contribution in [0.4, 0.5) is 0 Å². The van der Waals surface area contributed by atoms with E-state index in [9.17, 15) is 0 Å². The van der Waals surface area contributed by atoms with E-state index in [1.165, 1.54) is 25.0 Å². The molecule has 0 aromatic carbocycles. The summed E-state index contributed by atoms with van der Waals surface area (Å²) in [5, 5.41) is 0. The van der Waals surface area contributed by atoms with Crippen LogP contribution in [-0.2, 0) is 0 Å². The van der Waals surface area contributed by atoms with Crippen molar-refractivity contribution in [2.45, 2.75) is 33.1 Å².